The van der Waals surface area contributed by atoms with E-state index in [4.69, 9.17) is 14.0 Å². The summed E-state index contributed by atoms with van der Waals surface area (Å²) in [6, 6.07) is 13.6. The van der Waals surface area contributed by atoms with Gasteiger partial charge in [-0.05, 0) is 55.5 Å². The van der Waals surface area contributed by atoms with Crippen LogP contribution in [0.5, 0.6) is 5.75 Å². The van der Waals surface area contributed by atoms with Crippen LogP contribution in [0.4, 0.5) is 0 Å². The molecule has 32 heavy (non-hydrogen) atoms. The molecular formula is C23H24N2O6S. The fraction of sp³-hybridized carbons (Fsp3) is 0.304. The highest BCUT2D eigenvalue weighted by Crippen LogP contribution is 2.34. The van der Waals surface area contributed by atoms with Crippen LogP contribution in [0.3, 0.4) is 0 Å². The van der Waals surface area contributed by atoms with Gasteiger partial charge >= 0.3 is 5.97 Å². The van der Waals surface area contributed by atoms with Crippen molar-refractivity contribution in [2.45, 2.75) is 37.1 Å². The van der Waals surface area contributed by atoms with Crippen LogP contribution in [0, 0.1) is 0 Å². The number of methoxy groups -OCH3 is 1. The van der Waals surface area contributed by atoms with Crippen LogP contribution in [-0.4, -0.2) is 33.3 Å². The maximum atomic E-state index is 13.4. The summed E-state index contributed by atoms with van der Waals surface area (Å²) in [5.74, 6) is -0.160. The minimum Gasteiger partial charge on any atom is -0.495 e. The molecule has 0 radical (unpaired) electrons. The van der Waals surface area contributed by atoms with Crippen LogP contribution >= 0.6 is 0 Å². The van der Waals surface area contributed by atoms with E-state index in [0.717, 1.165) is 24.0 Å². The molecule has 0 spiro atoms. The minimum atomic E-state index is -3.92. The SMILES string of the molecule is CCOC(=O)c1cc(-c2ccc(OC)c(S(=O)(=O)N[C@H]3CCCc4ccccc43)c2)on1. The van der Waals surface area contributed by atoms with Crippen molar-refractivity contribution in [3.63, 3.8) is 0 Å². The summed E-state index contributed by atoms with van der Waals surface area (Å²) in [5, 5.41) is 3.72. The molecule has 0 unspecified atom stereocenters. The van der Waals surface area contributed by atoms with Crippen molar-refractivity contribution in [3.8, 4) is 17.1 Å². The highest BCUT2D eigenvalue weighted by Gasteiger charge is 2.28. The lowest BCUT2D eigenvalue weighted by molar-refractivity contribution is 0.0514. The number of rotatable bonds is 7. The van der Waals surface area contributed by atoms with Gasteiger partial charge in [0.15, 0.2) is 11.5 Å². The number of carbonyl (C=O) groups is 1. The number of carbonyl (C=O) groups excluding carboxylic acids is 1. The van der Waals surface area contributed by atoms with Gasteiger partial charge in [-0.25, -0.2) is 17.9 Å². The molecule has 2 aromatic carbocycles. The third-order valence-corrected chi connectivity index (χ3v) is 6.89. The molecule has 0 aliphatic heterocycles. The Hall–Kier alpha value is -3.17. The third-order valence-electron chi connectivity index (χ3n) is 5.40. The molecule has 9 heteroatoms. The van der Waals surface area contributed by atoms with Gasteiger partial charge in [-0.15, -0.1) is 0 Å². The Morgan fingerprint density at radius 2 is 2.03 bits per heavy atom. The van der Waals surface area contributed by atoms with Crippen LogP contribution in [0.15, 0.2) is 57.9 Å². The Bertz CT molecular complexity index is 1230. The van der Waals surface area contributed by atoms with Crippen molar-refractivity contribution < 1.29 is 27.2 Å². The second-order valence-electron chi connectivity index (χ2n) is 7.43. The molecule has 3 aromatic rings. The number of ether oxygens (including phenoxy) is 2. The highest BCUT2D eigenvalue weighted by atomic mass is 32.2. The van der Waals surface area contributed by atoms with Gasteiger partial charge in [-0.2, -0.15) is 0 Å². The second kappa shape index (κ2) is 9.13. The number of fused-ring (bicyclic) bond motifs is 1. The van der Waals surface area contributed by atoms with Crippen LogP contribution < -0.4 is 9.46 Å². The van der Waals surface area contributed by atoms with E-state index in [9.17, 15) is 13.2 Å². The Morgan fingerprint density at radius 3 is 2.81 bits per heavy atom. The first-order valence-corrected chi connectivity index (χ1v) is 11.8. The third kappa shape index (κ3) is 4.39. The Labute approximate surface area is 186 Å². The van der Waals surface area contributed by atoms with E-state index in [1.54, 1.807) is 19.1 Å². The zero-order valence-corrected chi connectivity index (χ0v) is 18.6. The second-order valence-corrected chi connectivity index (χ2v) is 9.11. The molecule has 8 nitrogen and oxygen atoms in total. The molecule has 1 atom stereocenters. The molecule has 0 saturated heterocycles. The summed E-state index contributed by atoms with van der Waals surface area (Å²) >= 11 is 0. The van der Waals surface area contributed by atoms with Crippen molar-refractivity contribution in [2.75, 3.05) is 13.7 Å². The molecule has 4 rings (SSSR count). The Morgan fingerprint density at radius 1 is 1.22 bits per heavy atom. The molecule has 0 amide bonds. The summed E-state index contributed by atoms with van der Waals surface area (Å²) < 4.78 is 45.0. The van der Waals surface area contributed by atoms with Gasteiger partial charge in [0.05, 0.1) is 13.7 Å². The smallest absolute Gasteiger partial charge is 0.360 e. The van der Waals surface area contributed by atoms with Gasteiger partial charge in [0.2, 0.25) is 10.0 Å². The van der Waals surface area contributed by atoms with Crippen LogP contribution in [-0.2, 0) is 21.2 Å². The van der Waals surface area contributed by atoms with E-state index in [0.29, 0.717) is 12.0 Å². The number of nitrogens with one attached hydrogen (secondary N) is 1. The van der Waals surface area contributed by atoms with Crippen LogP contribution in [0.2, 0.25) is 0 Å². The number of hydrogen-bond acceptors (Lipinski definition) is 7. The predicted molar refractivity (Wildman–Crippen MR) is 117 cm³/mol. The topological polar surface area (TPSA) is 108 Å². The summed E-state index contributed by atoms with van der Waals surface area (Å²) in [4.78, 5) is 11.8. The number of aromatic nitrogens is 1. The van der Waals surface area contributed by atoms with E-state index in [1.165, 1.54) is 19.2 Å². The molecule has 1 aliphatic rings. The quantitative estimate of drug-likeness (QED) is 0.538. The molecular weight excluding hydrogens is 432 g/mol. The molecule has 1 N–H and O–H groups in total. The standard InChI is InChI=1S/C23H24N2O6S/c1-3-30-23(26)19-14-21(31-24-19)16-11-12-20(29-2)22(13-16)32(27,28)25-18-10-6-8-15-7-4-5-9-17(15)18/h4-5,7,9,11-14,18,25H,3,6,8,10H2,1-2H3/t18-/m0/s1. The van der Waals surface area contributed by atoms with E-state index in [1.807, 2.05) is 24.3 Å². The van der Waals surface area contributed by atoms with Crippen LogP contribution in [0.25, 0.3) is 11.3 Å². The lowest BCUT2D eigenvalue weighted by Gasteiger charge is -2.26. The summed E-state index contributed by atoms with van der Waals surface area (Å²) in [6.07, 6.45) is 2.54. The number of esters is 1. The first kappa shape index (κ1) is 22.0. The lowest BCUT2D eigenvalue weighted by Crippen LogP contribution is -2.31. The molecule has 1 aromatic heterocycles. The molecule has 1 aliphatic carbocycles. The Balaban J connectivity index is 1.66. The van der Waals surface area contributed by atoms with E-state index < -0.39 is 16.0 Å². The van der Waals surface area contributed by atoms with E-state index in [2.05, 4.69) is 9.88 Å². The monoisotopic (exact) mass is 456 g/mol. The number of sulfonamides is 1. The minimum absolute atomic E-state index is 0.0130. The van der Waals surface area contributed by atoms with Crippen molar-refractivity contribution >= 4 is 16.0 Å². The first-order valence-electron chi connectivity index (χ1n) is 10.4. The van der Waals surface area contributed by atoms with Crippen LogP contribution in [0.1, 0.15) is 47.4 Å². The molecule has 0 saturated carbocycles. The van der Waals surface area contributed by atoms with Gasteiger partial charge in [0.25, 0.3) is 0 Å². The average molecular weight is 457 g/mol. The van der Waals surface area contributed by atoms with Crippen molar-refractivity contribution in [3.05, 3.63) is 65.4 Å². The predicted octanol–water partition coefficient (Wildman–Crippen LogP) is 3.88. The van der Waals surface area contributed by atoms with Crippen molar-refractivity contribution in [1.29, 1.82) is 0 Å². The summed E-state index contributed by atoms with van der Waals surface area (Å²) in [5.41, 5.74) is 2.60. The fourth-order valence-corrected chi connectivity index (χ4v) is 5.32. The van der Waals surface area contributed by atoms with Gasteiger partial charge < -0.3 is 14.0 Å². The maximum absolute atomic E-state index is 13.4. The largest absolute Gasteiger partial charge is 0.495 e. The van der Waals surface area contributed by atoms with Gasteiger partial charge in [0, 0.05) is 17.7 Å². The number of aryl methyl sites for hydroxylation is 1. The molecule has 168 valence electrons. The van der Waals surface area contributed by atoms with Gasteiger partial charge in [-0.1, -0.05) is 29.4 Å². The van der Waals surface area contributed by atoms with Crippen molar-refractivity contribution in [1.82, 2.24) is 9.88 Å². The normalized spacial score (nSPS) is 15.8. The summed E-state index contributed by atoms with van der Waals surface area (Å²) in [6.45, 7) is 1.90. The van der Waals surface area contributed by atoms with Crippen molar-refractivity contribution in [2.24, 2.45) is 0 Å². The lowest BCUT2D eigenvalue weighted by atomic mass is 9.88. The molecule has 0 fully saturated rings. The number of hydrogen-bond donors (Lipinski definition) is 1. The fourth-order valence-electron chi connectivity index (χ4n) is 3.88. The van der Waals surface area contributed by atoms with E-state index >= 15 is 0 Å². The molecule has 1 heterocycles. The maximum Gasteiger partial charge on any atom is 0.360 e. The highest BCUT2D eigenvalue weighted by molar-refractivity contribution is 7.89. The summed E-state index contributed by atoms with van der Waals surface area (Å²) in [7, 11) is -2.51. The zero-order valence-electron chi connectivity index (χ0n) is 17.8. The average Bonchev–Trinajstić information content (AvgIpc) is 3.29. The van der Waals surface area contributed by atoms with Gasteiger partial charge in [-0.3, -0.25) is 0 Å². The van der Waals surface area contributed by atoms with Gasteiger partial charge in [0.1, 0.15) is 10.6 Å². The molecule has 0 bridgehead atoms. The zero-order chi connectivity index (χ0) is 22.7. The number of benzene rings is 2. The number of nitrogens with zero attached hydrogens (tertiary/aromatic N) is 1. The first-order chi connectivity index (χ1) is 15.4. The Kier molecular flexibility index (Phi) is 6.29. The van der Waals surface area contributed by atoms with E-state index in [-0.39, 0.29) is 34.7 Å².